The topological polar surface area (TPSA) is 45.6 Å². The Kier molecular flexibility index (Phi) is 2.65. The number of anilines is 1. The van der Waals surface area contributed by atoms with Crippen molar-refractivity contribution in [2.45, 2.75) is 12.7 Å². The Balaban J connectivity index is 1.98. The highest BCUT2D eigenvalue weighted by molar-refractivity contribution is 5.42. The minimum atomic E-state index is 0.0496. The standard InChI is InChI=1S/C10H14N2O2/c1-14-9-5-12(6-9)10-3-2-8(7-13)4-11-10/h2-4,9,13H,5-7H2,1H3. The molecular weight excluding hydrogens is 180 g/mol. The fraction of sp³-hybridized carbons (Fsp3) is 0.500. The summed E-state index contributed by atoms with van der Waals surface area (Å²) in [7, 11) is 1.73. The average Bonchev–Trinajstić information content (AvgIpc) is 2.17. The number of ether oxygens (including phenoxy) is 1. The van der Waals surface area contributed by atoms with Gasteiger partial charge < -0.3 is 14.7 Å². The molecule has 0 aromatic carbocycles. The molecule has 1 fully saturated rings. The van der Waals surface area contributed by atoms with Crippen molar-refractivity contribution >= 4 is 5.82 Å². The molecule has 14 heavy (non-hydrogen) atoms. The first kappa shape index (κ1) is 9.43. The van der Waals surface area contributed by atoms with E-state index < -0.39 is 0 Å². The summed E-state index contributed by atoms with van der Waals surface area (Å²) in [5, 5.41) is 8.84. The van der Waals surface area contributed by atoms with Crippen LogP contribution in [0, 0.1) is 0 Å². The summed E-state index contributed by atoms with van der Waals surface area (Å²) in [6.07, 6.45) is 2.05. The normalized spacial score (nSPS) is 16.9. The summed E-state index contributed by atoms with van der Waals surface area (Å²) in [5.74, 6) is 0.954. The molecular formula is C10H14N2O2. The van der Waals surface area contributed by atoms with Gasteiger partial charge in [0.05, 0.1) is 12.7 Å². The SMILES string of the molecule is COC1CN(c2ccc(CO)cn2)C1. The molecule has 2 heterocycles. The van der Waals surface area contributed by atoms with Crippen molar-refractivity contribution in [3.05, 3.63) is 23.9 Å². The maximum Gasteiger partial charge on any atom is 0.128 e. The van der Waals surface area contributed by atoms with Crippen molar-refractivity contribution < 1.29 is 9.84 Å². The molecule has 0 bridgehead atoms. The predicted octanol–water partition coefficient (Wildman–Crippen LogP) is 0.409. The van der Waals surface area contributed by atoms with Crippen molar-refractivity contribution in [3.8, 4) is 0 Å². The van der Waals surface area contributed by atoms with Gasteiger partial charge in [0.15, 0.2) is 0 Å². The molecule has 0 spiro atoms. The first-order chi connectivity index (χ1) is 6.83. The lowest BCUT2D eigenvalue weighted by Crippen LogP contribution is -2.52. The molecule has 1 saturated heterocycles. The van der Waals surface area contributed by atoms with Gasteiger partial charge in [0.1, 0.15) is 5.82 Å². The van der Waals surface area contributed by atoms with Gasteiger partial charge in [0, 0.05) is 26.4 Å². The number of aromatic nitrogens is 1. The molecule has 1 aromatic heterocycles. The van der Waals surface area contributed by atoms with E-state index in [-0.39, 0.29) is 6.61 Å². The van der Waals surface area contributed by atoms with Gasteiger partial charge >= 0.3 is 0 Å². The lowest BCUT2D eigenvalue weighted by atomic mass is 10.1. The van der Waals surface area contributed by atoms with E-state index in [2.05, 4.69) is 9.88 Å². The zero-order valence-corrected chi connectivity index (χ0v) is 8.18. The van der Waals surface area contributed by atoms with Crippen LogP contribution in [0.5, 0.6) is 0 Å². The van der Waals surface area contributed by atoms with Gasteiger partial charge in [0.2, 0.25) is 0 Å². The van der Waals surface area contributed by atoms with E-state index in [9.17, 15) is 0 Å². The molecule has 1 aromatic rings. The van der Waals surface area contributed by atoms with Crippen molar-refractivity contribution in [1.82, 2.24) is 4.98 Å². The first-order valence-corrected chi connectivity index (χ1v) is 4.67. The number of aliphatic hydroxyl groups excluding tert-OH is 1. The van der Waals surface area contributed by atoms with Crippen LogP contribution in [0.15, 0.2) is 18.3 Å². The van der Waals surface area contributed by atoms with E-state index in [1.54, 1.807) is 13.3 Å². The fourth-order valence-corrected chi connectivity index (χ4v) is 1.47. The molecule has 4 nitrogen and oxygen atoms in total. The quantitative estimate of drug-likeness (QED) is 0.757. The summed E-state index contributed by atoms with van der Waals surface area (Å²) in [5.41, 5.74) is 0.845. The first-order valence-electron chi connectivity index (χ1n) is 4.67. The van der Waals surface area contributed by atoms with Gasteiger partial charge in [-0.15, -0.1) is 0 Å². The van der Waals surface area contributed by atoms with Crippen LogP contribution in [0.2, 0.25) is 0 Å². The molecule has 76 valence electrons. The lowest BCUT2D eigenvalue weighted by molar-refractivity contribution is 0.0783. The van der Waals surface area contributed by atoms with Gasteiger partial charge in [-0.1, -0.05) is 6.07 Å². The monoisotopic (exact) mass is 194 g/mol. The van der Waals surface area contributed by atoms with Crippen LogP contribution in [-0.2, 0) is 11.3 Å². The Morgan fingerprint density at radius 1 is 1.57 bits per heavy atom. The number of aliphatic hydroxyl groups is 1. The largest absolute Gasteiger partial charge is 0.392 e. The van der Waals surface area contributed by atoms with Crippen molar-refractivity contribution in [1.29, 1.82) is 0 Å². The molecule has 1 aliphatic heterocycles. The fourth-order valence-electron chi connectivity index (χ4n) is 1.47. The Bertz CT molecular complexity index is 293. The lowest BCUT2D eigenvalue weighted by Gasteiger charge is -2.38. The number of hydrogen-bond acceptors (Lipinski definition) is 4. The second-order valence-electron chi connectivity index (χ2n) is 3.45. The number of pyridine rings is 1. The molecule has 0 aliphatic carbocycles. The number of rotatable bonds is 3. The maximum atomic E-state index is 8.84. The highest BCUT2D eigenvalue weighted by atomic mass is 16.5. The predicted molar refractivity (Wildman–Crippen MR) is 53.2 cm³/mol. The summed E-state index contributed by atoms with van der Waals surface area (Å²) >= 11 is 0. The summed E-state index contributed by atoms with van der Waals surface area (Å²) in [6.45, 7) is 1.86. The molecule has 0 radical (unpaired) electrons. The Hall–Kier alpha value is -1.13. The van der Waals surface area contributed by atoms with Gasteiger partial charge in [-0.3, -0.25) is 0 Å². The molecule has 0 unspecified atom stereocenters. The van der Waals surface area contributed by atoms with Crippen LogP contribution in [0.1, 0.15) is 5.56 Å². The second kappa shape index (κ2) is 3.94. The number of hydrogen-bond donors (Lipinski definition) is 1. The number of methoxy groups -OCH3 is 1. The molecule has 1 aliphatic rings. The van der Waals surface area contributed by atoms with E-state index in [0.717, 1.165) is 24.5 Å². The van der Waals surface area contributed by atoms with E-state index >= 15 is 0 Å². The van der Waals surface area contributed by atoms with Crippen LogP contribution < -0.4 is 4.90 Å². The third-order valence-corrected chi connectivity index (χ3v) is 2.50. The highest BCUT2D eigenvalue weighted by Crippen LogP contribution is 2.19. The third kappa shape index (κ3) is 1.71. The average molecular weight is 194 g/mol. The molecule has 1 N–H and O–H groups in total. The maximum absolute atomic E-state index is 8.84. The van der Waals surface area contributed by atoms with Crippen molar-refractivity contribution in [2.24, 2.45) is 0 Å². The number of nitrogens with zero attached hydrogens (tertiary/aromatic N) is 2. The van der Waals surface area contributed by atoms with Crippen LogP contribution in [-0.4, -0.2) is 36.4 Å². The molecule has 2 rings (SSSR count). The van der Waals surface area contributed by atoms with Crippen LogP contribution >= 0.6 is 0 Å². The molecule has 0 amide bonds. The zero-order valence-electron chi connectivity index (χ0n) is 8.18. The van der Waals surface area contributed by atoms with Gasteiger partial charge in [-0.2, -0.15) is 0 Å². The minimum absolute atomic E-state index is 0.0496. The van der Waals surface area contributed by atoms with E-state index in [1.165, 1.54) is 0 Å². The Labute approximate surface area is 83.1 Å². The summed E-state index contributed by atoms with van der Waals surface area (Å²) in [4.78, 5) is 6.40. The van der Waals surface area contributed by atoms with Crippen molar-refractivity contribution in [2.75, 3.05) is 25.1 Å². The molecule has 0 saturated carbocycles. The van der Waals surface area contributed by atoms with E-state index in [4.69, 9.17) is 9.84 Å². The Morgan fingerprint density at radius 3 is 2.86 bits per heavy atom. The highest BCUT2D eigenvalue weighted by Gasteiger charge is 2.26. The van der Waals surface area contributed by atoms with E-state index in [0.29, 0.717) is 6.10 Å². The van der Waals surface area contributed by atoms with Crippen LogP contribution in [0.25, 0.3) is 0 Å². The zero-order chi connectivity index (χ0) is 9.97. The summed E-state index contributed by atoms with van der Waals surface area (Å²) < 4.78 is 5.17. The van der Waals surface area contributed by atoms with Gasteiger partial charge in [-0.25, -0.2) is 4.98 Å². The van der Waals surface area contributed by atoms with Crippen LogP contribution in [0.4, 0.5) is 5.82 Å². The van der Waals surface area contributed by atoms with Gasteiger partial charge in [-0.05, 0) is 11.6 Å². The molecule has 4 heteroatoms. The van der Waals surface area contributed by atoms with E-state index in [1.807, 2.05) is 12.1 Å². The van der Waals surface area contributed by atoms with Crippen molar-refractivity contribution in [3.63, 3.8) is 0 Å². The Morgan fingerprint density at radius 2 is 2.36 bits per heavy atom. The molecule has 0 atom stereocenters. The smallest absolute Gasteiger partial charge is 0.128 e. The van der Waals surface area contributed by atoms with Gasteiger partial charge in [0.25, 0.3) is 0 Å². The minimum Gasteiger partial charge on any atom is -0.392 e. The van der Waals surface area contributed by atoms with Crippen LogP contribution in [0.3, 0.4) is 0 Å². The second-order valence-corrected chi connectivity index (χ2v) is 3.45. The summed E-state index contributed by atoms with van der Waals surface area (Å²) in [6, 6.07) is 3.82. The third-order valence-electron chi connectivity index (χ3n) is 2.50.